The summed E-state index contributed by atoms with van der Waals surface area (Å²) >= 11 is 0. The Labute approximate surface area is 523 Å². The maximum atomic E-state index is 12.1. The number of nitrogens with zero attached hydrogens (tertiary/aromatic N) is 12. The van der Waals surface area contributed by atoms with Crippen LogP contribution in [0.3, 0.4) is 0 Å². The third-order valence-corrected chi connectivity index (χ3v) is 16.0. The molecule has 0 radical (unpaired) electrons. The van der Waals surface area contributed by atoms with E-state index in [-0.39, 0.29) is 49.5 Å². The fraction of sp³-hybridized carbons (Fsp3) is 0.600. The number of hydrogen-bond acceptors (Lipinski definition) is 27. The van der Waals surface area contributed by atoms with Gasteiger partial charge in [-0.3, -0.25) is 14.4 Å². The number of fused-ring (bicyclic) bond motifs is 5. The van der Waals surface area contributed by atoms with Gasteiger partial charge in [0.25, 0.3) is 0 Å². The Bertz CT molecular complexity index is 3650. The first-order chi connectivity index (χ1) is 43.4. The van der Waals surface area contributed by atoms with Crippen LogP contribution in [0.1, 0.15) is 143 Å². The molecule has 11 rings (SSSR count). The zero-order chi connectivity index (χ0) is 66.1. The molecule has 5 saturated heterocycles. The highest BCUT2D eigenvalue weighted by Gasteiger charge is 2.67. The van der Waals surface area contributed by atoms with Gasteiger partial charge in [0.2, 0.25) is 16.8 Å². The van der Waals surface area contributed by atoms with Crippen LogP contribution in [-0.4, -0.2) is 168 Å². The van der Waals surface area contributed by atoms with Crippen LogP contribution in [0.15, 0.2) is 55.4 Å². The molecule has 12 atom stereocenters. The molecule has 0 aromatic carbocycles. The van der Waals surface area contributed by atoms with Gasteiger partial charge in [-0.05, 0) is 83.4 Å². The minimum absolute atomic E-state index is 0.0323. The zero-order valence-corrected chi connectivity index (χ0v) is 51.8. The predicted molar refractivity (Wildman–Crippen MR) is 317 cm³/mol. The van der Waals surface area contributed by atoms with Crippen molar-refractivity contribution in [2.45, 2.75) is 209 Å². The molecule has 0 spiro atoms. The summed E-state index contributed by atoms with van der Waals surface area (Å²) in [6.07, 6.45) is 5.08. The number of aliphatic hydroxyl groups is 3. The molecule has 6 aromatic rings. The number of nitrogen functional groups attached to an aromatic ring is 3. The molecule has 11 heterocycles. The third-order valence-electron chi connectivity index (χ3n) is 16.0. The van der Waals surface area contributed by atoms with Gasteiger partial charge < -0.3 is 80.3 Å². The second kappa shape index (κ2) is 28.9. The van der Waals surface area contributed by atoms with Gasteiger partial charge in [0, 0.05) is 19.3 Å². The Kier molecular flexibility index (Phi) is 21.8. The fourth-order valence-corrected chi connectivity index (χ4v) is 11.6. The Balaban J connectivity index is 0.000000167. The van der Waals surface area contributed by atoms with Crippen LogP contribution in [0.4, 0.5) is 17.5 Å². The van der Waals surface area contributed by atoms with Crippen LogP contribution in [0, 0.1) is 34.0 Å². The Hall–Kier alpha value is -8.26. The first-order valence-corrected chi connectivity index (χ1v) is 30.2. The van der Waals surface area contributed by atoms with Crippen LogP contribution in [0.5, 0.6) is 0 Å². The normalized spacial score (nSPS) is 28.1. The summed E-state index contributed by atoms with van der Waals surface area (Å²) in [5, 5.41) is 81.3. The van der Waals surface area contributed by atoms with Crippen molar-refractivity contribution in [1.82, 2.24) is 43.8 Å². The number of ether oxygens (including phenoxy) is 9. The van der Waals surface area contributed by atoms with Crippen LogP contribution in [-0.2, 0) is 73.8 Å². The van der Waals surface area contributed by atoms with Gasteiger partial charge in [-0.1, -0.05) is 59.3 Å². The Morgan fingerprint density at radius 1 is 0.538 bits per heavy atom. The highest BCUT2D eigenvalue weighted by molar-refractivity contribution is 5.70. The van der Waals surface area contributed by atoms with E-state index in [1.807, 2.05) is 13.0 Å². The number of aliphatic hydroxyl groups excluding tert-OH is 3. The quantitative estimate of drug-likeness (QED) is 0.0420. The number of carboxylic acids is 1. The number of anilines is 3. The van der Waals surface area contributed by atoms with E-state index in [9.17, 15) is 45.5 Å². The summed E-state index contributed by atoms with van der Waals surface area (Å²) in [7, 11) is 0. The molecule has 6 aromatic heterocycles. The molecule has 0 amide bonds. The van der Waals surface area contributed by atoms with Crippen LogP contribution >= 0.6 is 0 Å². The molecule has 5 aliphatic rings. The number of hydrogen-bond donors (Lipinski definition) is 7. The lowest BCUT2D eigenvalue weighted by molar-refractivity contribution is -0.207. The average molecular weight is 1270 g/mol. The van der Waals surface area contributed by atoms with E-state index in [0.717, 1.165) is 51.4 Å². The summed E-state index contributed by atoms with van der Waals surface area (Å²) in [5.41, 5.74) is 15.4. The van der Waals surface area contributed by atoms with Crippen LogP contribution < -0.4 is 17.2 Å². The van der Waals surface area contributed by atoms with Crippen molar-refractivity contribution in [2.24, 2.45) is 0 Å². The van der Waals surface area contributed by atoms with Gasteiger partial charge in [-0.15, -0.1) is 0 Å². The predicted octanol–water partition coefficient (Wildman–Crippen LogP) is 3.94. The minimum Gasteiger partial charge on any atom is -0.481 e. The number of aromatic nitrogens is 9. The summed E-state index contributed by atoms with van der Waals surface area (Å²) in [5.74, 6) is -2.43. The molecule has 10 N–H and O–H groups in total. The lowest BCUT2D eigenvalue weighted by Crippen LogP contribution is -2.41. The van der Waals surface area contributed by atoms with E-state index in [2.05, 4.69) is 56.2 Å². The summed E-state index contributed by atoms with van der Waals surface area (Å²) in [4.78, 5) is 45.6. The monoisotopic (exact) mass is 1270 g/mol. The molecule has 0 unspecified atom stereocenters. The van der Waals surface area contributed by atoms with E-state index in [0.29, 0.717) is 53.0 Å². The number of unbranched alkanes of at least 4 members (excludes halogenated alkanes) is 6. The number of esters is 2. The molecular formula is C60H79N15O16. The lowest BCUT2D eigenvalue weighted by atomic mass is 9.92. The molecule has 5 fully saturated rings. The van der Waals surface area contributed by atoms with Crippen molar-refractivity contribution in [2.75, 3.05) is 37.0 Å². The van der Waals surface area contributed by atoms with Crippen molar-refractivity contribution in [3.8, 4) is 18.2 Å². The first kappa shape index (κ1) is 68.6. The second-order valence-electron chi connectivity index (χ2n) is 23.3. The Morgan fingerprint density at radius 2 is 0.901 bits per heavy atom. The van der Waals surface area contributed by atoms with Gasteiger partial charge in [-0.25, -0.2) is 28.5 Å². The van der Waals surface area contributed by atoms with E-state index in [1.165, 1.54) is 38.6 Å². The molecular weight excluding hydrogens is 1190 g/mol. The van der Waals surface area contributed by atoms with E-state index >= 15 is 0 Å². The maximum absolute atomic E-state index is 12.1. The summed E-state index contributed by atoms with van der Waals surface area (Å²) in [6, 6.07) is 16.4. The summed E-state index contributed by atoms with van der Waals surface area (Å²) < 4.78 is 56.8. The van der Waals surface area contributed by atoms with Gasteiger partial charge >= 0.3 is 17.9 Å². The molecule has 0 saturated carbocycles. The SMILES string of the molecule is CC1(C)O[C@H]2[C@@H](O1)[C@](C#N)(c1ccc3c(N)ncnn13)O[C@@H]2CO.CCCCCC(=O)O.CCCCCC(=O)OC[C@H]1O[C@@](C#N)(c2ccc3c(N)ncnn23)[C@@H]2OC(C)(C)O[C@@H]21.CCCCCC(=O)OC[C@H]1O[C@@](C#N)(c2ccc3c(N)ncnn23)[C@H](O)[C@@H]1O. The number of rotatable bonds is 20. The highest BCUT2D eigenvalue weighted by atomic mass is 16.8. The molecule has 31 nitrogen and oxygen atoms in total. The molecule has 31 heteroatoms. The molecule has 0 bridgehead atoms. The van der Waals surface area contributed by atoms with Crippen LogP contribution in [0.2, 0.25) is 0 Å². The van der Waals surface area contributed by atoms with E-state index in [1.54, 1.807) is 58.0 Å². The standard InChI is InChI=1S/C21H27N5O5.C18H23N5O5.C15H17N5O4.C6H12O2/c1-4-5-6-7-16(27)28-10-14-17-18(31-20(2,3)30-17)21(11-22,29-14)15-9-8-13-19(23)24-12-25-26(13)15;1-2-3-4-5-14(24)27-8-12-15(25)16(26)18(9-19,28-12)13-7-6-11-17(20)21-10-22-23(11)13;1-14(2)23-11-9(5-21)22-15(6-16,12(11)24-14)10-4-3-8-13(17)18-7-19-20(8)10;1-2-3-4-5-6(7)8/h8-9,12,14,17-18H,4-7,10H2,1-3H3,(H2,23,24,25);6-7,10,12,15-16,25-26H,2-5,8H2,1H3,(H2,20,21,22);3-4,7,9,11-12,21H,5H2,1-2H3,(H2,17,18,19);2-5H2,1H3,(H,7,8)/t14-,17-,18-,21+;12-,15-,16-,18+;9-,11-,12-,15+;/m111./s1. The van der Waals surface area contributed by atoms with Crippen molar-refractivity contribution >= 4 is 51.9 Å². The number of carboxylic acid groups (broad SMARTS) is 1. The largest absolute Gasteiger partial charge is 0.481 e. The van der Waals surface area contributed by atoms with E-state index in [4.69, 9.17) is 64.9 Å². The van der Waals surface area contributed by atoms with Crippen molar-refractivity contribution in [1.29, 1.82) is 15.8 Å². The number of aliphatic carboxylic acids is 1. The average Bonchev–Trinajstić information content (AvgIpc) is 1.57. The van der Waals surface area contributed by atoms with Crippen molar-refractivity contribution in [3.05, 3.63) is 72.5 Å². The van der Waals surface area contributed by atoms with Crippen molar-refractivity contribution in [3.63, 3.8) is 0 Å². The number of nitriles is 3. The smallest absolute Gasteiger partial charge is 0.305 e. The van der Waals surface area contributed by atoms with Gasteiger partial charge in [-0.2, -0.15) is 31.1 Å². The maximum Gasteiger partial charge on any atom is 0.305 e. The number of carbonyl (C=O) groups is 3. The second-order valence-corrected chi connectivity index (χ2v) is 23.3. The highest BCUT2D eigenvalue weighted by Crippen LogP contribution is 2.51. The Morgan fingerprint density at radius 3 is 1.29 bits per heavy atom. The third kappa shape index (κ3) is 14.1. The number of nitrogens with two attached hydrogens (primary N) is 3. The zero-order valence-electron chi connectivity index (χ0n) is 51.8. The van der Waals surface area contributed by atoms with E-state index < -0.39 is 95.3 Å². The number of carbonyl (C=O) groups excluding carboxylic acids is 2. The van der Waals surface area contributed by atoms with Gasteiger partial charge in [0.15, 0.2) is 29.0 Å². The van der Waals surface area contributed by atoms with Gasteiger partial charge in [0.1, 0.15) is 122 Å². The molecule has 490 valence electrons. The molecule has 91 heavy (non-hydrogen) atoms. The molecule has 5 aliphatic heterocycles. The van der Waals surface area contributed by atoms with Gasteiger partial charge in [0.05, 0.1) is 23.7 Å². The molecule has 0 aliphatic carbocycles. The van der Waals surface area contributed by atoms with Crippen LogP contribution in [0.25, 0.3) is 16.6 Å². The summed E-state index contributed by atoms with van der Waals surface area (Å²) in [6.45, 7) is 12.6. The fourth-order valence-electron chi connectivity index (χ4n) is 11.6. The van der Waals surface area contributed by atoms with Crippen molar-refractivity contribution < 1.29 is 77.4 Å². The first-order valence-electron chi connectivity index (χ1n) is 30.2. The topological polar surface area (TPSA) is 455 Å². The minimum atomic E-state index is -1.90. The lowest BCUT2D eigenvalue weighted by Gasteiger charge is -2.28.